The molecule has 0 unspecified atom stereocenters. The molecule has 1 aromatic carbocycles. The number of aromatic nitrogens is 2. The van der Waals surface area contributed by atoms with Gasteiger partial charge in [-0.1, -0.05) is 11.2 Å². The summed E-state index contributed by atoms with van der Waals surface area (Å²) in [6.45, 7) is 1.82. The highest BCUT2D eigenvalue weighted by Crippen LogP contribution is 2.36. The van der Waals surface area contributed by atoms with Crippen LogP contribution in [-0.4, -0.2) is 38.3 Å². The average molecular weight is 355 g/mol. The Balaban J connectivity index is 1.72. The summed E-state index contributed by atoms with van der Waals surface area (Å²) in [5.74, 6) is -2.02. The van der Waals surface area contributed by atoms with Crippen molar-refractivity contribution in [2.45, 2.75) is 13.0 Å². The molecule has 1 saturated heterocycles. The highest BCUT2D eigenvalue weighted by Gasteiger charge is 2.56. The van der Waals surface area contributed by atoms with Gasteiger partial charge in [-0.15, -0.1) is 0 Å². The first kappa shape index (κ1) is 15.9. The Hall–Kier alpha value is -3.56. The number of aryl methyl sites for hydroxylation is 1. The van der Waals surface area contributed by atoms with Crippen LogP contribution in [0.2, 0.25) is 0 Å². The molecule has 4 rings (SSSR count). The molecular weight excluding hydrogens is 342 g/mol. The molecule has 0 radical (unpaired) electrons. The van der Waals surface area contributed by atoms with Gasteiger partial charge in [-0.2, -0.15) is 5.10 Å². The molecule has 0 spiro atoms. The van der Waals surface area contributed by atoms with E-state index in [0.29, 0.717) is 11.3 Å². The maximum absolute atomic E-state index is 12.9. The third kappa shape index (κ3) is 2.11. The number of imide groups is 1. The Bertz CT molecular complexity index is 995. The molecule has 10 nitrogen and oxygen atoms in total. The van der Waals surface area contributed by atoms with Crippen LogP contribution in [0.1, 0.15) is 11.3 Å². The number of carbonyl (C=O) groups excluding carboxylic acids is 2. The number of hydrogen-bond acceptors (Lipinski definition) is 7. The van der Waals surface area contributed by atoms with Crippen LogP contribution in [-0.2, 0) is 21.5 Å². The SMILES string of the molecule is Cc1c(C2=NO[C@@H]3C(=O)N(c4cccc([N+](=O)[O-])c4)C(=O)[C@@H]23)cnn1C. The fourth-order valence-electron chi connectivity index (χ4n) is 3.15. The summed E-state index contributed by atoms with van der Waals surface area (Å²) in [6, 6.07) is 5.36. The van der Waals surface area contributed by atoms with E-state index in [1.807, 2.05) is 6.92 Å². The summed E-state index contributed by atoms with van der Waals surface area (Å²) in [5.41, 5.74) is 1.67. The number of benzene rings is 1. The first-order chi connectivity index (χ1) is 12.4. The Morgan fingerprint density at radius 2 is 2.04 bits per heavy atom. The Morgan fingerprint density at radius 1 is 1.27 bits per heavy atom. The van der Waals surface area contributed by atoms with Crippen LogP contribution in [0.25, 0.3) is 0 Å². The van der Waals surface area contributed by atoms with E-state index in [4.69, 9.17) is 4.84 Å². The number of non-ortho nitro benzene ring substituents is 1. The lowest BCUT2D eigenvalue weighted by Crippen LogP contribution is -2.33. The molecule has 2 aliphatic rings. The highest BCUT2D eigenvalue weighted by atomic mass is 16.7. The molecule has 0 aliphatic carbocycles. The normalized spacial score (nSPS) is 21.6. The minimum atomic E-state index is -1.07. The molecule has 2 aliphatic heterocycles. The molecular formula is C16H13N5O5. The molecule has 0 saturated carbocycles. The lowest BCUT2D eigenvalue weighted by atomic mass is 9.94. The zero-order valence-corrected chi connectivity index (χ0v) is 13.8. The fourth-order valence-corrected chi connectivity index (χ4v) is 3.15. The standard InChI is InChI=1S/C16H13N5O5/c1-8-11(7-17-19(8)2)13-12-14(26-18-13)16(23)20(15(12)22)9-4-3-5-10(6-9)21(24)25/h3-7,12,14H,1-2H3/t12-,14-/m0/s1. The van der Waals surface area contributed by atoms with Crippen LogP contribution in [0.15, 0.2) is 35.6 Å². The number of rotatable bonds is 3. The summed E-state index contributed by atoms with van der Waals surface area (Å²) >= 11 is 0. The molecule has 2 amide bonds. The minimum absolute atomic E-state index is 0.134. The number of amides is 2. The van der Waals surface area contributed by atoms with Crippen molar-refractivity contribution in [3.8, 4) is 0 Å². The number of anilines is 1. The summed E-state index contributed by atoms with van der Waals surface area (Å²) in [6.07, 6.45) is 0.490. The van der Waals surface area contributed by atoms with Gasteiger partial charge < -0.3 is 4.84 Å². The van der Waals surface area contributed by atoms with Gasteiger partial charge in [0, 0.05) is 30.4 Å². The molecule has 0 bridgehead atoms. The first-order valence-electron chi connectivity index (χ1n) is 7.75. The lowest BCUT2D eigenvalue weighted by Gasteiger charge is -2.15. The maximum atomic E-state index is 12.9. The van der Waals surface area contributed by atoms with E-state index in [2.05, 4.69) is 10.3 Å². The molecule has 132 valence electrons. The monoisotopic (exact) mass is 355 g/mol. The summed E-state index contributed by atoms with van der Waals surface area (Å²) in [7, 11) is 1.75. The van der Waals surface area contributed by atoms with Gasteiger partial charge in [0.2, 0.25) is 12.0 Å². The van der Waals surface area contributed by atoms with Crippen molar-refractivity contribution in [2.75, 3.05) is 4.90 Å². The smallest absolute Gasteiger partial charge is 0.278 e. The van der Waals surface area contributed by atoms with Crippen molar-refractivity contribution in [3.05, 3.63) is 51.8 Å². The number of nitro benzene ring substituents is 1. The summed E-state index contributed by atoms with van der Waals surface area (Å²) in [5, 5.41) is 19.0. The van der Waals surface area contributed by atoms with E-state index in [0.717, 1.165) is 10.6 Å². The van der Waals surface area contributed by atoms with Gasteiger partial charge in [-0.05, 0) is 13.0 Å². The van der Waals surface area contributed by atoms with E-state index >= 15 is 0 Å². The Morgan fingerprint density at radius 3 is 2.69 bits per heavy atom. The maximum Gasteiger partial charge on any atom is 0.278 e. The van der Waals surface area contributed by atoms with Crippen LogP contribution >= 0.6 is 0 Å². The number of oxime groups is 1. The average Bonchev–Trinajstić information content (AvgIpc) is 3.25. The Kier molecular flexibility index (Phi) is 3.36. The Labute approximate surface area is 146 Å². The fraction of sp³-hybridized carbons (Fsp3) is 0.250. The number of carbonyl (C=O) groups is 2. The van der Waals surface area contributed by atoms with Crippen molar-refractivity contribution < 1.29 is 19.3 Å². The van der Waals surface area contributed by atoms with Crippen molar-refractivity contribution in [2.24, 2.45) is 18.1 Å². The van der Waals surface area contributed by atoms with E-state index < -0.39 is 28.8 Å². The largest absolute Gasteiger partial charge is 0.381 e. The first-order valence-corrected chi connectivity index (χ1v) is 7.75. The third-order valence-corrected chi connectivity index (χ3v) is 4.62. The van der Waals surface area contributed by atoms with Crippen molar-refractivity contribution in [3.63, 3.8) is 0 Å². The molecule has 1 aromatic heterocycles. The summed E-state index contributed by atoms with van der Waals surface area (Å²) in [4.78, 5) is 42.1. The van der Waals surface area contributed by atoms with E-state index in [9.17, 15) is 19.7 Å². The predicted molar refractivity (Wildman–Crippen MR) is 88.4 cm³/mol. The second-order valence-electron chi connectivity index (χ2n) is 6.04. The van der Waals surface area contributed by atoms with Gasteiger partial charge in [-0.25, -0.2) is 4.90 Å². The number of nitrogens with zero attached hydrogens (tertiary/aromatic N) is 5. The van der Waals surface area contributed by atoms with Gasteiger partial charge >= 0.3 is 0 Å². The molecule has 3 heterocycles. The summed E-state index contributed by atoms with van der Waals surface area (Å²) < 4.78 is 1.63. The highest BCUT2D eigenvalue weighted by molar-refractivity contribution is 6.32. The molecule has 0 N–H and O–H groups in total. The van der Waals surface area contributed by atoms with Gasteiger partial charge in [0.15, 0.2) is 0 Å². The number of fused-ring (bicyclic) bond motifs is 1. The van der Waals surface area contributed by atoms with Crippen molar-refractivity contribution in [1.82, 2.24) is 9.78 Å². The molecule has 2 aromatic rings. The van der Waals surface area contributed by atoms with Gasteiger partial charge in [0.05, 0.1) is 16.8 Å². The third-order valence-electron chi connectivity index (χ3n) is 4.62. The molecule has 26 heavy (non-hydrogen) atoms. The topological polar surface area (TPSA) is 120 Å². The van der Waals surface area contributed by atoms with E-state index in [1.165, 1.54) is 24.3 Å². The zero-order valence-electron chi connectivity index (χ0n) is 13.8. The van der Waals surface area contributed by atoms with Crippen LogP contribution < -0.4 is 4.90 Å². The second kappa shape index (κ2) is 5.48. The zero-order chi connectivity index (χ0) is 18.6. The van der Waals surface area contributed by atoms with E-state index in [-0.39, 0.29) is 11.4 Å². The van der Waals surface area contributed by atoms with Crippen molar-refractivity contribution in [1.29, 1.82) is 0 Å². The van der Waals surface area contributed by atoms with Crippen LogP contribution in [0.4, 0.5) is 11.4 Å². The van der Waals surface area contributed by atoms with Crippen LogP contribution in [0, 0.1) is 23.0 Å². The van der Waals surface area contributed by atoms with Crippen LogP contribution in [0.5, 0.6) is 0 Å². The minimum Gasteiger partial charge on any atom is -0.381 e. The van der Waals surface area contributed by atoms with Gasteiger partial charge in [0.1, 0.15) is 11.6 Å². The number of hydrogen-bond donors (Lipinski definition) is 0. The molecule has 1 fully saturated rings. The van der Waals surface area contributed by atoms with Crippen molar-refractivity contribution >= 4 is 28.9 Å². The lowest BCUT2D eigenvalue weighted by molar-refractivity contribution is -0.384. The predicted octanol–water partition coefficient (Wildman–Crippen LogP) is 0.929. The second-order valence-corrected chi connectivity index (χ2v) is 6.04. The van der Waals surface area contributed by atoms with E-state index in [1.54, 1.807) is 17.9 Å². The van der Waals surface area contributed by atoms with Gasteiger partial charge in [-0.3, -0.25) is 24.4 Å². The molecule has 2 atom stereocenters. The van der Waals surface area contributed by atoms with Gasteiger partial charge in [0.25, 0.3) is 11.6 Å². The van der Waals surface area contributed by atoms with Crippen LogP contribution in [0.3, 0.4) is 0 Å². The number of nitro groups is 1. The quantitative estimate of drug-likeness (QED) is 0.459. The molecule has 10 heteroatoms.